The molecule has 0 unspecified atom stereocenters. The van der Waals surface area contributed by atoms with Crippen molar-refractivity contribution in [3.8, 4) is 17.2 Å². The molecule has 0 saturated carbocycles. The lowest BCUT2D eigenvalue weighted by atomic mass is 10.1. The maximum absolute atomic E-state index is 12.0. The number of carbonyl (C=O) groups excluding carboxylic acids is 1. The van der Waals surface area contributed by atoms with Crippen LogP contribution in [0.15, 0.2) is 54.6 Å². The van der Waals surface area contributed by atoms with Crippen molar-refractivity contribution in [2.45, 2.75) is 0 Å². The Hall–Kier alpha value is -3.21. The maximum Gasteiger partial charge on any atom is 0.182 e. The molecule has 5 nitrogen and oxygen atoms in total. The number of carbonyl (C=O) groups is 1. The van der Waals surface area contributed by atoms with Crippen LogP contribution in [-0.4, -0.2) is 30.2 Å². The number of benzene rings is 2. The molecule has 0 amide bonds. The summed E-state index contributed by atoms with van der Waals surface area (Å²) in [5, 5.41) is 20.2. The zero-order valence-corrected chi connectivity index (χ0v) is 13.4. The van der Waals surface area contributed by atoms with Gasteiger partial charge in [-0.25, -0.2) is 0 Å². The van der Waals surface area contributed by atoms with E-state index in [1.165, 1.54) is 32.4 Å². The molecule has 24 heavy (non-hydrogen) atoms. The molecule has 2 rings (SSSR count). The number of allylic oxidation sites excluding steroid dienone is 2. The predicted octanol–water partition coefficient (Wildman–Crippen LogP) is 3.59. The number of rotatable bonds is 6. The van der Waals surface area contributed by atoms with E-state index in [1.807, 2.05) is 30.3 Å². The summed E-state index contributed by atoms with van der Waals surface area (Å²) >= 11 is 0. The van der Waals surface area contributed by atoms with Gasteiger partial charge in [-0.1, -0.05) is 36.4 Å². The van der Waals surface area contributed by atoms with Crippen molar-refractivity contribution in [1.82, 2.24) is 0 Å². The normalized spacial score (nSPS) is 11.5. The molecule has 0 bridgehead atoms. The van der Waals surface area contributed by atoms with Crippen LogP contribution in [0.4, 0.5) is 0 Å². The first-order valence-corrected chi connectivity index (χ1v) is 7.18. The molecular weight excluding hydrogens is 308 g/mol. The van der Waals surface area contributed by atoms with Gasteiger partial charge in [-0.05, 0) is 11.6 Å². The molecule has 0 aliphatic rings. The Labute approximate surface area is 140 Å². The Morgan fingerprint density at radius 3 is 2.42 bits per heavy atom. The number of ketones is 1. The number of phenols is 1. The van der Waals surface area contributed by atoms with Gasteiger partial charge in [0, 0.05) is 18.2 Å². The smallest absolute Gasteiger partial charge is 0.182 e. The number of ether oxygens (including phenoxy) is 2. The molecule has 0 aliphatic carbocycles. The van der Waals surface area contributed by atoms with Crippen LogP contribution in [0.1, 0.15) is 11.1 Å². The molecule has 0 heterocycles. The van der Waals surface area contributed by atoms with Crippen molar-refractivity contribution in [3.05, 3.63) is 65.7 Å². The highest BCUT2D eigenvalue weighted by molar-refractivity contribution is 6.06. The second kappa shape index (κ2) is 7.87. The summed E-state index contributed by atoms with van der Waals surface area (Å²) in [6.07, 6.45) is 3.99. The number of aliphatic hydroxyl groups excluding tert-OH is 1. The molecular formula is C19H18O5. The number of methoxy groups -OCH3 is 2. The molecule has 0 spiro atoms. The summed E-state index contributed by atoms with van der Waals surface area (Å²) in [7, 11) is 2.84. The maximum atomic E-state index is 12.0. The average Bonchev–Trinajstić information content (AvgIpc) is 2.59. The molecule has 124 valence electrons. The molecule has 0 saturated heterocycles. The largest absolute Gasteiger partial charge is 0.507 e. The van der Waals surface area contributed by atoms with Crippen LogP contribution < -0.4 is 9.47 Å². The zero-order valence-electron chi connectivity index (χ0n) is 13.4. The van der Waals surface area contributed by atoms with Crippen LogP contribution in [0.5, 0.6) is 17.2 Å². The van der Waals surface area contributed by atoms with E-state index in [0.29, 0.717) is 5.75 Å². The second-order valence-electron chi connectivity index (χ2n) is 4.90. The second-order valence-corrected chi connectivity index (χ2v) is 4.90. The lowest BCUT2D eigenvalue weighted by Crippen LogP contribution is -1.96. The fraction of sp³-hybridized carbons (Fsp3) is 0.105. The molecule has 0 radical (unpaired) electrons. The van der Waals surface area contributed by atoms with E-state index in [0.717, 1.165) is 11.6 Å². The van der Waals surface area contributed by atoms with Gasteiger partial charge in [-0.2, -0.15) is 0 Å². The van der Waals surface area contributed by atoms with Crippen molar-refractivity contribution in [2.75, 3.05) is 14.2 Å². The van der Waals surface area contributed by atoms with Crippen molar-refractivity contribution >= 4 is 17.6 Å². The monoisotopic (exact) mass is 326 g/mol. The lowest BCUT2D eigenvalue weighted by Gasteiger charge is -2.11. The first-order valence-electron chi connectivity index (χ1n) is 7.18. The topological polar surface area (TPSA) is 76.0 Å². The third-order valence-electron chi connectivity index (χ3n) is 3.29. The van der Waals surface area contributed by atoms with Crippen LogP contribution >= 0.6 is 0 Å². The highest BCUT2D eigenvalue weighted by Gasteiger charge is 2.16. The standard InChI is InChI=1S/C19H18O5/c1-23-15-11-17(22)19(18(12-15)24-2)16(21)10-14(20)9-8-13-6-4-3-5-7-13/h3-12,21-22H,1-2H3/b9-8+,16-10-. The SMILES string of the molecule is COc1cc(O)c(/C(O)=C/C(=O)/C=C/c2ccccc2)c(OC)c1. The van der Waals surface area contributed by atoms with Crippen molar-refractivity contribution in [3.63, 3.8) is 0 Å². The van der Waals surface area contributed by atoms with Gasteiger partial charge in [-0.3, -0.25) is 4.79 Å². The van der Waals surface area contributed by atoms with Crippen molar-refractivity contribution in [1.29, 1.82) is 0 Å². The quantitative estimate of drug-likeness (QED) is 0.627. The van der Waals surface area contributed by atoms with Gasteiger partial charge in [0.25, 0.3) is 0 Å². The molecule has 2 aromatic rings. The van der Waals surface area contributed by atoms with Crippen molar-refractivity contribution < 1.29 is 24.5 Å². The number of hydrogen-bond acceptors (Lipinski definition) is 5. The van der Waals surface area contributed by atoms with Gasteiger partial charge in [-0.15, -0.1) is 0 Å². The van der Waals surface area contributed by atoms with E-state index >= 15 is 0 Å². The van der Waals surface area contributed by atoms with Crippen molar-refractivity contribution in [2.24, 2.45) is 0 Å². The molecule has 0 aliphatic heterocycles. The average molecular weight is 326 g/mol. The van der Waals surface area contributed by atoms with E-state index in [4.69, 9.17) is 9.47 Å². The third-order valence-corrected chi connectivity index (χ3v) is 3.29. The Bertz CT molecular complexity index is 776. The minimum atomic E-state index is -0.423. The highest BCUT2D eigenvalue weighted by Crippen LogP contribution is 2.37. The minimum absolute atomic E-state index is 0.0276. The van der Waals surface area contributed by atoms with Gasteiger partial charge in [0.05, 0.1) is 14.2 Å². The molecule has 0 atom stereocenters. The number of aliphatic hydroxyl groups is 1. The fourth-order valence-corrected chi connectivity index (χ4v) is 2.11. The Kier molecular flexibility index (Phi) is 5.63. The summed E-state index contributed by atoms with van der Waals surface area (Å²) in [4.78, 5) is 12.0. The summed E-state index contributed by atoms with van der Waals surface area (Å²) in [6, 6.07) is 12.1. The number of phenolic OH excluding ortho intramolecular Hbond substituents is 1. The summed E-state index contributed by atoms with van der Waals surface area (Å²) in [5.41, 5.74) is 0.892. The van der Waals surface area contributed by atoms with E-state index in [9.17, 15) is 15.0 Å². The number of hydrogen-bond donors (Lipinski definition) is 2. The van der Waals surface area contributed by atoms with Crippen LogP contribution in [0.3, 0.4) is 0 Å². The van der Waals surface area contributed by atoms with Gasteiger partial charge in [0.15, 0.2) is 5.78 Å². The predicted molar refractivity (Wildman–Crippen MR) is 92.3 cm³/mol. The minimum Gasteiger partial charge on any atom is -0.507 e. The van der Waals surface area contributed by atoms with Gasteiger partial charge < -0.3 is 19.7 Å². The van der Waals surface area contributed by atoms with Crippen LogP contribution in [-0.2, 0) is 4.79 Å². The van der Waals surface area contributed by atoms with E-state index < -0.39 is 11.5 Å². The van der Waals surface area contributed by atoms with E-state index in [1.54, 1.807) is 6.08 Å². The molecule has 0 aromatic heterocycles. The third kappa shape index (κ3) is 4.16. The first kappa shape index (κ1) is 17.1. The van der Waals surface area contributed by atoms with Gasteiger partial charge in [0.1, 0.15) is 28.6 Å². The van der Waals surface area contributed by atoms with E-state index in [-0.39, 0.29) is 17.1 Å². The molecule has 2 aromatic carbocycles. The Morgan fingerprint density at radius 2 is 1.79 bits per heavy atom. The van der Waals surface area contributed by atoms with E-state index in [2.05, 4.69) is 0 Å². The summed E-state index contributed by atoms with van der Waals surface area (Å²) < 4.78 is 10.2. The van der Waals surface area contributed by atoms with Gasteiger partial charge in [0.2, 0.25) is 0 Å². The zero-order chi connectivity index (χ0) is 17.5. The van der Waals surface area contributed by atoms with Gasteiger partial charge >= 0.3 is 0 Å². The summed E-state index contributed by atoms with van der Waals surface area (Å²) in [5.74, 6) is -0.500. The molecule has 5 heteroatoms. The first-order chi connectivity index (χ1) is 11.5. The Balaban J connectivity index is 2.27. The fourth-order valence-electron chi connectivity index (χ4n) is 2.11. The van der Waals surface area contributed by atoms with Crippen LogP contribution in [0.2, 0.25) is 0 Å². The van der Waals surface area contributed by atoms with Crippen LogP contribution in [0, 0.1) is 0 Å². The highest BCUT2D eigenvalue weighted by atomic mass is 16.5. The summed E-state index contributed by atoms with van der Waals surface area (Å²) in [6.45, 7) is 0. The molecule has 2 N–H and O–H groups in total. The van der Waals surface area contributed by atoms with Crippen LogP contribution in [0.25, 0.3) is 11.8 Å². The molecule has 0 fully saturated rings. The Morgan fingerprint density at radius 1 is 1.08 bits per heavy atom. The lowest BCUT2D eigenvalue weighted by molar-refractivity contribution is -0.110. The number of aromatic hydroxyl groups is 1.